The SMILES string of the molecule is CC[C@H]1OC(=O)C2=CCN(C2)C(=O)c2coc(n2)CC(F)C[C@H](OC(=O)COCCn2ccnc2)/C=C(C)/C=C/CNC(=O)CC[C@H]1C. The molecule has 4 atom stereocenters. The molecule has 14 heteroatoms. The van der Waals surface area contributed by atoms with E-state index in [1.54, 1.807) is 54.5 Å². The number of carbonyl (C=O) groups excluding carboxylic acids is 4. The average Bonchev–Trinajstić information content (AvgIpc) is 3.85. The fraction of sp³-hybridized carbons (Fsp3) is 0.529. The third-order valence-corrected chi connectivity index (χ3v) is 8.05. The maximum Gasteiger partial charge on any atom is 0.335 e. The van der Waals surface area contributed by atoms with Gasteiger partial charge in [-0.3, -0.25) is 9.59 Å². The van der Waals surface area contributed by atoms with Gasteiger partial charge in [0.05, 0.1) is 31.5 Å². The molecule has 0 saturated heterocycles. The highest BCUT2D eigenvalue weighted by Gasteiger charge is 2.30. The smallest absolute Gasteiger partial charge is 0.335 e. The molecule has 2 aromatic heterocycles. The fourth-order valence-electron chi connectivity index (χ4n) is 5.36. The molecule has 2 aromatic rings. The highest BCUT2D eigenvalue weighted by atomic mass is 19.1. The summed E-state index contributed by atoms with van der Waals surface area (Å²) in [5, 5.41) is 2.84. The second kappa shape index (κ2) is 18.1. The summed E-state index contributed by atoms with van der Waals surface area (Å²) in [6, 6.07) is 0. The molecule has 4 rings (SSSR count). The van der Waals surface area contributed by atoms with Crippen LogP contribution in [0.2, 0.25) is 0 Å². The molecule has 0 spiro atoms. The molecular weight excluding hydrogens is 625 g/mol. The Hall–Kier alpha value is -4.59. The van der Waals surface area contributed by atoms with Crippen LogP contribution < -0.4 is 5.32 Å². The number of nitrogens with one attached hydrogen (secondary N) is 1. The lowest BCUT2D eigenvalue weighted by atomic mass is 9.96. The lowest BCUT2D eigenvalue weighted by Gasteiger charge is -2.23. The Labute approximate surface area is 279 Å². The van der Waals surface area contributed by atoms with Crippen molar-refractivity contribution in [2.45, 2.75) is 77.8 Å². The molecule has 260 valence electrons. The first-order chi connectivity index (χ1) is 23.1. The third kappa shape index (κ3) is 11.3. The summed E-state index contributed by atoms with van der Waals surface area (Å²) in [6.45, 7) is 6.56. The predicted octanol–water partition coefficient (Wildman–Crippen LogP) is 3.52. The minimum atomic E-state index is -1.53. The largest absolute Gasteiger partial charge is 0.459 e. The second-order valence-corrected chi connectivity index (χ2v) is 11.9. The summed E-state index contributed by atoms with van der Waals surface area (Å²) in [5.41, 5.74) is 1.03. The number of hydrogen-bond donors (Lipinski definition) is 1. The summed E-state index contributed by atoms with van der Waals surface area (Å²) < 4.78 is 39.4. The van der Waals surface area contributed by atoms with Crippen LogP contribution in [0.5, 0.6) is 0 Å². The van der Waals surface area contributed by atoms with Crippen LogP contribution in [0.1, 0.15) is 62.8 Å². The molecule has 0 fully saturated rings. The normalized spacial score (nSPS) is 25.2. The number of halogens is 1. The fourth-order valence-corrected chi connectivity index (χ4v) is 5.36. The van der Waals surface area contributed by atoms with Gasteiger partial charge in [-0.15, -0.1) is 0 Å². The van der Waals surface area contributed by atoms with Crippen molar-refractivity contribution < 1.29 is 42.2 Å². The third-order valence-electron chi connectivity index (χ3n) is 8.05. The maximum absolute atomic E-state index is 15.4. The van der Waals surface area contributed by atoms with Gasteiger partial charge in [-0.05, 0) is 31.8 Å². The minimum Gasteiger partial charge on any atom is -0.459 e. The molecule has 2 amide bonds. The molecule has 1 unspecified atom stereocenters. The number of hydrogen-bond acceptors (Lipinski definition) is 10. The van der Waals surface area contributed by atoms with E-state index >= 15 is 4.39 Å². The Morgan fingerprint density at radius 3 is 2.85 bits per heavy atom. The highest BCUT2D eigenvalue weighted by Crippen LogP contribution is 2.22. The summed E-state index contributed by atoms with van der Waals surface area (Å²) in [4.78, 5) is 60.7. The van der Waals surface area contributed by atoms with E-state index < -0.39 is 36.2 Å². The standard InChI is InChI=1S/C34H44FN5O8/c1-4-29-24(3)7-8-30(41)37-10-5-6-23(2)16-27(47-32(42)21-45-15-14-39-13-11-36-22-39)17-26(35)18-31-38-28(20-46-31)33(43)40-12-9-25(19-40)34(44)48-29/h5-6,9,11,13,16,20,22,24,26-27,29H,4,7-8,10,12,14-15,17-19,21H2,1-3H3,(H,37,41)/b6-5+,23-16+/t24-,26?,27-,29-/m1/s1. The van der Waals surface area contributed by atoms with Crippen molar-refractivity contribution in [2.75, 3.05) is 32.8 Å². The number of oxazole rings is 1. The van der Waals surface area contributed by atoms with Crippen molar-refractivity contribution in [1.82, 2.24) is 24.8 Å². The van der Waals surface area contributed by atoms with E-state index in [1.807, 2.05) is 13.8 Å². The van der Waals surface area contributed by atoms with Crippen LogP contribution in [0.3, 0.4) is 0 Å². The van der Waals surface area contributed by atoms with Crippen molar-refractivity contribution in [3.05, 3.63) is 72.0 Å². The molecule has 13 nitrogen and oxygen atoms in total. The molecule has 0 aliphatic carbocycles. The van der Waals surface area contributed by atoms with Gasteiger partial charge in [0, 0.05) is 44.9 Å². The summed E-state index contributed by atoms with van der Waals surface area (Å²) in [6.07, 6.45) is 11.0. The molecule has 4 heterocycles. The number of fused-ring (bicyclic) bond motifs is 4. The molecule has 1 N–H and O–H groups in total. The molecule has 4 bridgehead atoms. The number of carbonyl (C=O) groups is 4. The lowest BCUT2D eigenvalue weighted by molar-refractivity contribution is -0.153. The Balaban J connectivity index is 1.45. The van der Waals surface area contributed by atoms with Gasteiger partial charge in [0.15, 0.2) is 11.6 Å². The number of amides is 2. The van der Waals surface area contributed by atoms with Crippen molar-refractivity contribution in [3.8, 4) is 0 Å². The molecule has 0 saturated carbocycles. The average molecular weight is 670 g/mol. The molecule has 2 aliphatic heterocycles. The zero-order valence-electron chi connectivity index (χ0n) is 27.6. The Morgan fingerprint density at radius 2 is 2.08 bits per heavy atom. The van der Waals surface area contributed by atoms with Crippen LogP contribution >= 0.6 is 0 Å². The van der Waals surface area contributed by atoms with E-state index in [0.717, 1.165) is 0 Å². The van der Waals surface area contributed by atoms with Gasteiger partial charge < -0.3 is 33.4 Å². The van der Waals surface area contributed by atoms with Crippen LogP contribution in [0.4, 0.5) is 4.39 Å². The molecule has 0 aromatic carbocycles. The Morgan fingerprint density at radius 1 is 1.25 bits per heavy atom. The monoisotopic (exact) mass is 669 g/mol. The number of alkyl halides is 1. The van der Waals surface area contributed by atoms with Gasteiger partial charge in [-0.2, -0.15) is 0 Å². The van der Waals surface area contributed by atoms with E-state index in [1.165, 1.54) is 11.2 Å². The van der Waals surface area contributed by atoms with E-state index in [9.17, 15) is 19.2 Å². The predicted molar refractivity (Wildman–Crippen MR) is 171 cm³/mol. The zero-order valence-corrected chi connectivity index (χ0v) is 27.6. The maximum atomic E-state index is 15.4. The van der Waals surface area contributed by atoms with Gasteiger partial charge in [0.25, 0.3) is 5.91 Å². The molecule has 2 aliphatic rings. The van der Waals surface area contributed by atoms with Gasteiger partial charge in [-0.1, -0.05) is 37.6 Å². The van der Waals surface area contributed by atoms with Crippen molar-refractivity contribution >= 4 is 23.8 Å². The quantitative estimate of drug-likeness (QED) is 0.342. The van der Waals surface area contributed by atoms with Gasteiger partial charge in [0.1, 0.15) is 31.2 Å². The second-order valence-electron chi connectivity index (χ2n) is 11.9. The zero-order chi connectivity index (χ0) is 34.5. The summed E-state index contributed by atoms with van der Waals surface area (Å²) in [5.74, 6) is -1.83. The van der Waals surface area contributed by atoms with E-state index in [2.05, 4.69) is 15.3 Å². The van der Waals surface area contributed by atoms with E-state index in [0.29, 0.717) is 30.5 Å². The number of ether oxygens (including phenoxy) is 3. The summed E-state index contributed by atoms with van der Waals surface area (Å²) in [7, 11) is 0. The van der Waals surface area contributed by atoms with Crippen molar-refractivity contribution in [2.24, 2.45) is 5.92 Å². The first-order valence-electron chi connectivity index (χ1n) is 16.2. The number of aromatic nitrogens is 3. The van der Waals surface area contributed by atoms with Crippen molar-refractivity contribution in [1.29, 1.82) is 0 Å². The Kier molecular flexibility index (Phi) is 13.7. The van der Waals surface area contributed by atoms with Crippen LogP contribution in [-0.4, -0.2) is 94.4 Å². The number of nitrogens with zero attached hydrogens (tertiary/aromatic N) is 4. The molecular formula is C34H44FN5O8. The highest BCUT2D eigenvalue weighted by molar-refractivity contribution is 5.96. The molecule has 48 heavy (non-hydrogen) atoms. The number of imidazole rings is 1. The summed E-state index contributed by atoms with van der Waals surface area (Å²) >= 11 is 0. The van der Waals surface area contributed by atoms with Crippen LogP contribution in [0.15, 0.2) is 64.9 Å². The first-order valence-corrected chi connectivity index (χ1v) is 16.2. The number of cyclic esters (lactones) is 1. The van der Waals surface area contributed by atoms with Crippen LogP contribution in [-0.2, 0) is 41.6 Å². The minimum absolute atomic E-state index is 0.00953. The van der Waals surface area contributed by atoms with Gasteiger partial charge in [-0.25, -0.2) is 23.9 Å². The molecule has 0 radical (unpaired) electrons. The first kappa shape index (κ1) is 36.2. The van der Waals surface area contributed by atoms with Crippen molar-refractivity contribution in [3.63, 3.8) is 0 Å². The number of allylic oxidation sites excluding steroid dienone is 2. The van der Waals surface area contributed by atoms with E-state index in [-0.39, 0.29) is 75.5 Å². The van der Waals surface area contributed by atoms with Crippen LogP contribution in [0.25, 0.3) is 0 Å². The van der Waals surface area contributed by atoms with Gasteiger partial charge >= 0.3 is 11.9 Å². The number of esters is 2. The Bertz CT molecular complexity index is 1480. The topological polar surface area (TPSA) is 155 Å². The van der Waals surface area contributed by atoms with Crippen LogP contribution in [0, 0.1) is 5.92 Å². The van der Waals surface area contributed by atoms with Gasteiger partial charge in [0.2, 0.25) is 5.91 Å². The van der Waals surface area contributed by atoms with E-state index in [4.69, 9.17) is 18.6 Å². The lowest BCUT2D eigenvalue weighted by Crippen LogP contribution is -2.32. The number of rotatable bonds is 7.